The maximum atomic E-state index is 8.81. The molecule has 2 aromatic rings. The number of anilines is 2. The molecule has 0 bridgehead atoms. The number of aromatic hydroxyl groups is 3. The molecule has 2 aromatic carbocycles. The summed E-state index contributed by atoms with van der Waals surface area (Å²) >= 11 is 0. The van der Waals surface area contributed by atoms with E-state index < -0.39 is 0 Å². The van der Waals surface area contributed by atoms with E-state index in [0.717, 1.165) is 0 Å². The molecule has 0 aliphatic rings. The molecule has 0 saturated heterocycles. The Kier molecular flexibility index (Phi) is 4.05. The van der Waals surface area contributed by atoms with Crippen LogP contribution in [-0.2, 0) is 0 Å². The van der Waals surface area contributed by atoms with Crippen molar-refractivity contribution in [2.24, 2.45) is 0 Å². The van der Waals surface area contributed by atoms with Crippen molar-refractivity contribution in [3.05, 3.63) is 42.5 Å². The fraction of sp³-hybridized carbons (Fsp3) is 0. The Bertz CT molecular complexity index is 480. The second kappa shape index (κ2) is 5.50. The molecule has 0 heterocycles. The van der Waals surface area contributed by atoms with Crippen LogP contribution in [-0.4, -0.2) is 15.3 Å². The molecule has 5 heteroatoms. The topological polar surface area (TPSA) is 113 Å². The van der Waals surface area contributed by atoms with E-state index in [0.29, 0.717) is 5.69 Å². The number of hydrogen-bond acceptors (Lipinski definition) is 5. The second-order valence-corrected chi connectivity index (χ2v) is 3.30. The lowest BCUT2D eigenvalue weighted by Gasteiger charge is -1.96. The summed E-state index contributed by atoms with van der Waals surface area (Å²) in [6.07, 6.45) is 0. The summed E-state index contributed by atoms with van der Waals surface area (Å²) in [5.74, 6) is 0.200. The van der Waals surface area contributed by atoms with Gasteiger partial charge in [0.1, 0.15) is 17.2 Å². The van der Waals surface area contributed by atoms with Crippen LogP contribution in [0.5, 0.6) is 17.2 Å². The number of para-hydroxylation sites is 2. The van der Waals surface area contributed by atoms with Gasteiger partial charge in [-0.2, -0.15) is 0 Å². The van der Waals surface area contributed by atoms with E-state index in [-0.39, 0.29) is 22.9 Å². The molecule has 90 valence electrons. The number of nitrogens with two attached hydrogens (primary N) is 2. The molecule has 0 aliphatic heterocycles. The molecule has 0 aliphatic carbocycles. The summed E-state index contributed by atoms with van der Waals surface area (Å²) in [5.41, 5.74) is 11.1. The van der Waals surface area contributed by atoms with Crippen molar-refractivity contribution in [2.75, 3.05) is 11.5 Å². The molecule has 0 unspecified atom stereocenters. The van der Waals surface area contributed by atoms with Gasteiger partial charge in [-0.05, 0) is 24.3 Å². The molecule has 0 atom stereocenters. The van der Waals surface area contributed by atoms with Crippen LogP contribution < -0.4 is 11.5 Å². The van der Waals surface area contributed by atoms with Crippen LogP contribution in [0.3, 0.4) is 0 Å². The SMILES string of the molecule is Nc1cc(O)ccc1O.Nc1ccccc1O. The van der Waals surface area contributed by atoms with Crippen molar-refractivity contribution >= 4 is 11.4 Å². The Hall–Kier alpha value is -2.56. The molecule has 0 fully saturated rings. The van der Waals surface area contributed by atoms with Crippen molar-refractivity contribution in [1.29, 1.82) is 0 Å². The third kappa shape index (κ3) is 3.83. The standard InChI is InChI=1S/C6H7NO2.C6H7NO/c7-5-3-4(8)1-2-6(5)9;7-5-3-1-2-4-6(5)8/h1-3,8-9H,7H2;1-4,8H,7H2. The molecule has 0 radical (unpaired) electrons. The van der Waals surface area contributed by atoms with E-state index in [1.165, 1.54) is 18.2 Å². The molecular weight excluding hydrogens is 220 g/mol. The average Bonchev–Trinajstić information content (AvgIpc) is 2.29. The zero-order valence-corrected chi connectivity index (χ0v) is 9.04. The smallest absolute Gasteiger partial charge is 0.138 e. The molecule has 5 nitrogen and oxygen atoms in total. The van der Waals surface area contributed by atoms with Gasteiger partial charge in [0.25, 0.3) is 0 Å². The van der Waals surface area contributed by atoms with Crippen LogP contribution in [0.1, 0.15) is 0 Å². The molecule has 0 spiro atoms. The first-order chi connectivity index (χ1) is 8.00. The lowest BCUT2D eigenvalue weighted by Crippen LogP contribution is -1.83. The number of phenolic OH excluding ortho intramolecular Hbond substituents is 3. The third-order valence-electron chi connectivity index (χ3n) is 1.95. The van der Waals surface area contributed by atoms with E-state index in [1.807, 2.05) is 0 Å². The third-order valence-corrected chi connectivity index (χ3v) is 1.95. The zero-order chi connectivity index (χ0) is 12.8. The Labute approximate surface area is 98.6 Å². The van der Waals surface area contributed by atoms with E-state index in [9.17, 15) is 0 Å². The maximum absolute atomic E-state index is 8.81. The van der Waals surface area contributed by atoms with Crippen LogP contribution in [0.2, 0.25) is 0 Å². The lowest BCUT2D eigenvalue weighted by molar-refractivity contribution is 0.462. The highest BCUT2D eigenvalue weighted by Gasteiger charge is 1.94. The van der Waals surface area contributed by atoms with Gasteiger partial charge in [0.05, 0.1) is 11.4 Å². The Morgan fingerprint density at radius 1 is 0.706 bits per heavy atom. The summed E-state index contributed by atoms with van der Waals surface area (Å²) in [5, 5.41) is 26.3. The summed E-state index contributed by atoms with van der Waals surface area (Å²) < 4.78 is 0. The molecule has 17 heavy (non-hydrogen) atoms. The van der Waals surface area contributed by atoms with Crippen LogP contribution in [0, 0.1) is 0 Å². The maximum Gasteiger partial charge on any atom is 0.138 e. The molecule has 0 aromatic heterocycles. The van der Waals surface area contributed by atoms with Crippen molar-refractivity contribution < 1.29 is 15.3 Å². The molecule has 2 rings (SSSR count). The predicted molar refractivity (Wildman–Crippen MR) is 66.7 cm³/mol. The predicted octanol–water partition coefficient (Wildman–Crippen LogP) is 1.65. The van der Waals surface area contributed by atoms with Crippen LogP contribution in [0.25, 0.3) is 0 Å². The van der Waals surface area contributed by atoms with Crippen LogP contribution >= 0.6 is 0 Å². The van der Waals surface area contributed by atoms with Gasteiger partial charge in [-0.15, -0.1) is 0 Å². The zero-order valence-electron chi connectivity index (χ0n) is 9.04. The van der Waals surface area contributed by atoms with Gasteiger partial charge in [0.2, 0.25) is 0 Å². The van der Waals surface area contributed by atoms with Crippen molar-refractivity contribution in [1.82, 2.24) is 0 Å². The van der Waals surface area contributed by atoms with E-state index in [2.05, 4.69) is 0 Å². The minimum atomic E-state index is -0.00667. The van der Waals surface area contributed by atoms with Crippen molar-refractivity contribution in [3.63, 3.8) is 0 Å². The monoisotopic (exact) mass is 234 g/mol. The van der Waals surface area contributed by atoms with E-state index >= 15 is 0 Å². The minimum Gasteiger partial charge on any atom is -0.508 e. The average molecular weight is 234 g/mol. The van der Waals surface area contributed by atoms with E-state index in [4.69, 9.17) is 26.8 Å². The quantitative estimate of drug-likeness (QED) is 0.270. The summed E-state index contributed by atoms with van der Waals surface area (Å²) in [6, 6.07) is 10.7. The molecule has 0 saturated carbocycles. The van der Waals surface area contributed by atoms with Gasteiger partial charge in [-0.1, -0.05) is 12.1 Å². The van der Waals surface area contributed by atoms with Crippen LogP contribution in [0.15, 0.2) is 42.5 Å². The lowest BCUT2D eigenvalue weighted by atomic mass is 10.3. The molecule has 0 amide bonds. The van der Waals surface area contributed by atoms with Gasteiger partial charge in [-0.3, -0.25) is 0 Å². The highest BCUT2D eigenvalue weighted by Crippen LogP contribution is 2.23. The fourth-order valence-electron chi connectivity index (χ4n) is 1.03. The summed E-state index contributed by atoms with van der Waals surface area (Å²) in [6.45, 7) is 0. The first-order valence-corrected chi connectivity index (χ1v) is 4.81. The van der Waals surface area contributed by atoms with Gasteiger partial charge in [-0.25, -0.2) is 0 Å². The first kappa shape index (κ1) is 12.5. The number of phenols is 3. The largest absolute Gasteiger partial charge is 0.508 e. The highest BCUT2D eigenvalue weighted by molar-refractivity contribution is 5.54. The molecule has 7 N–H and O–H groups in total. The van der Waals surface area contributed by atoms with Crippen LogP contribution in [0.4, 0.5) is 11.4 Å². The van der Waals surface area contributed by atoms with Crippen molar-refractivity contribution in [3.8, 4) is 17.2 Å². The van der Waals surface area contributed by atoms with E-state index in [1.54, 1.807) is 24.3 Å². The normalized spacial score (nSPS) is 9.18. The number of hydrogen-bond donors (Lipinski definition) is 5. The van der Waals surface area contributed by atoms with Crippen molar-refractivity contribution in [2.45, 2.75) is 0 Å². The summed E-state index contributed by atoms with van der Waals surface area (Å²) in [7, 11) is 0. The Balaban J connectivity index is 0.000000171. The van der Waals surface area contributed by atoms with Gasteiger partial charge >= 0.3 is 0 Å². The number of benzene rings is 2. The molecular formula is C12H14N2O3. The fourth-order valence-corrected chi connectivity index (χ4v) is 1.03. The second-order valence-electron chi connectivity index (χ2n) is 3.30. The number of rotatable bonds is 0. The highest BCUT2D eigenvalue weighted by atomic mass is 16.3. The first-order valence-electron chi connectivity index (χ1n) is 4.81. The Morgan fingerprint density at radius 3 is 1.71 bits per heavy atom. The van der Waals surface area contributed by atoms with Gasteiger partial charge in [0.15, 0.2) is 0 Å². The van der Waals surface area contributed by atoms with Gasteiger partial charge in [0, 0.05) is 6.07 Å². The Morgan fingerprint density at radius 2 is 1.29 bits per heavy atom. The number of nitrogen functional groups attached to an aromatic ring is 2. The summed E-state index contributed by atoms with van der Waals surface area (Å²) in [4.78, 5) is 0. The van der Waals surface area contributed by atoms with Gasteiger partial charge < -0.3 is 26.8 Å². The minimum absolute atomic E-state index is 0.00667.